The first-order chi connectivity index (χ1) is 10.2. The second kappa shape index (κ2) is 7.74. The first kappa shape index (κ1) is 17.9. The van der Waals surface area contributed by atoms with Crippen LogP contribution < -0.4 is 11.1 Å². The maximum atomic E-state index is 12.2. The Bertz CT molecular complexity index is 467. The average Bonchev–Trinajstić information content (AvgIpc) is 2.92. The molecule has 0 unspecified atom stereocenters. The van der Waals surface area contributed by atoms with E-state index in [1.807, 2.05) is 0 Å². The highest BCUT2D eigenvalue weighted by molar-refractivity contribution is 5.91. The van der Waals surface area contributed by atoms with Gasteiger partial charge in [0.05, 0.1) is 6.04 Å². The second-order valence-corrected chi connectivity index (χ2v) is 5.30. The molecule has 5 N–H and O–H groups in total. The number of hydrogen-bond donors (Lipinski definition) is 4. The Balaban J connectivity index is 2.54. The van der Waals surface area contributed by atoms with E-state index in [4.69, 9.17) is 15.9 Å². The number of nitrogens with zero attached hydrogens (tertiary/aromatic N) is 1. The molecule has 9 heteroatoms. The third-order valence-corrected chi connectivity index (χ3v) is 3.56. The number of carboxylic acid groups (broad SMARTS) is 2. The minimum absolute atomic E-state index is 0.0382. The summed E-state index contributed by atoms with van der Waals surface area (Å²) in [4.78, 5) is 46.7. The highest BCUT2D eigenvalue weighted by Gasteiger charge is 2.36. The van der Waals surface area contributed by atoms with Crippen molar-refractivity contribution >= 4 is 23.8 Å². The Morgan fingerprint density at radius 1 is 1.32 bits per heavy atom. The van der Waals surface area contributed by atoms with E-state index in [2.05, 4.69) is 5.32 Å². The zero-order valence-corrected chi connectivity index (χ0v) is 12.3. The summed E-state index contributed by atoms with van der Waals surface area (Å²) in [5, 5.41) is 20.0. The van der Waals surface area contributed by atoms with Crippen molar-refractivity contribution in [2.45, 2.75) is 50.7 Å². The molecule has 0 aliphatic carbocycles. The number of carbonyl (C=O) groups is 4. The smallest absolute Gasteiger partial charge is 0.326 e. The van der Waals surface area contributed by atoms with E-state index in [1.54, 1.807) is 0 Å². The van der Waals surface area contributed by atoms with Crippen LogP contribution in [0.4, 0.5) is 0 Å². The lowest BCUT2D eigenvalue weighted by Gasteiger charge is -2.26. The third kappa shape index (κ3) is 4.69. The number of rotatable bonds is 7. The Morgan fingerprint density at radius 2 is 1.95 bits per heavy atom. The van der Waals surface area contributed by atoms with E-state index in [-0.39, 0.29) is 12.8 Å². The largest absolute Gasteiger partial charge is 0.481 e. The standard InChI is InChI=1S/C13H21N3O6/c1-7(15-11(19)8(14)4-5-10(17)18)12(20)16-6-2-3-9(16)13(21)22/h7-9H,2-6,14H2,1H3,(H,15,19)(H,17,18)(H,21,22)/t7-,8-,9+/m0/s1. The molecule has 0 aromatic rings. The van der Waals surface area contributed by atoms with Crippen molar-refractivity contribution in [3.8, 4) is 0 Å². The van der Waals surface area contributed by atoms with Crippen molar-refractivity contribution in [1.82, 2.24) is 10.2 Å². The molecule has 0 radical (unpaired) electrons. The number of nitrogens with two attached hydrogens (primary N) is 1. The molecule has 1 saturated heterocycles. The van der Waals surface area contributed by atoms with Gasteiger partial charge in [-0.05, 0) is 26.2 Å². The maximum absolute atomic E-state index is 12.2. The first-order valence-electron chi connectivity index (χ1n) is 7.05. The number of carboxylic acids is 2. The second-order valence-electron chi connectivity index (χ2n) is 5.30. The fourth-order valence-electron chi connectivity index (χ4n) is 2.33. The lowest BCUT2D eigenvalue weighted by Crippen LogP contribution is -2.53. The molecule has 1 heterocycles. The molecule has 1 aliphatic rings. The van der Waals surface area contributed by atoms with Crippen LogP contribution in [0, 0.1) is 0 Å². The Morgan fingerprint density at radius 3 is 2.50 bits per heavy atom. The number of likely N-dealkylation sites (tertiary alicyclic amines) is 1. The summed E-state index contributed by atoms with van der Waals surface area (Å²) < 4.78 is 0. The predicted molar refractivity (Wildman–Crippen MR) is 74.8 cm³/mol. The third-order valence-electron chi connectivity index (χ3n) is 3.56. The molecule has 0 aromatic carbocycles. The molecule has 22 heavy (non-hydrogen) atoms. The summed E-state index contributed by atoms with van der Waals surface area (Å²) >= 11 is 0. The van der Waals surface area contributed by atoms with E-state index >= 15 is 0 Å². The Labute approximate surface area is 127 Å². The van der Waals surface area contributed by atoms with Crippen LogP contribution in [0.3, 0.4) is 0 Å². The number of aliphatic carboxylic acids is 2. The van der Waals surface area contributed by atoms with Crippen LogP contribution in [0.1, 0.15) is 32.6 Å². The van der Waals surface area contributed by atoms with Crippen molar-refractivity contribution in [1.29, 1.82) is 0 Å². The Kier molecular flexibility index (Phi) is 6.29. The number of nitrogens with one attached hydrogen (secondary N) is 1. The quantitative estimate of drug-likeness (QED) is 0.459. The van der Waals surface area contributed by atoms with Gasteiger partial charge in [-0.2, -0.15) is 0 Å². The first-order valence-corrected chi connectivity index (χ1v) is 7.05. The van der Waals surface area contributed by atoms with Crippen LogP contribution in [0.15, 0.2) is 0 Å². The van der Waals surface area contributed by atoms with Gasteiger partial charge >= 0.3 is 11.9 Å². The normalized spacial score (nSPS) is 20.3. The van der Waals surface area contributed by atoms with Crippen LogP contribution in [-0.2, 0) is 19.2 Å². The van der Waals surface area contributed by atoms with Gasteiger partial charge in [-0.3, -0.25) is 14.4 Å². The van der Waals surface area contributed by atoms with Crippen LogP contribution in [0.25, 0.3) is 0 Å². The predicted octanol–water partition coefficient (Wildman–Crippen LogP) is -1.24. The van der Waals surface area contributed by atoms with Gasteiger partial charge in [-0.1, -0.05) is 0 Å². The van der Waals surface area contributed by atoms with Crippen molar-refractivity contribution in [3.05, 3.63) is 0 Å². The molecule has 0 saturated carbocycles. The van der Waals surface area contributed by atoms with Crippen molar-refractivity contribution < 1.29 is 29.4 Å². The lowest BCUT2D eigenvalue weighted by atomic mass is 10.1. The molecular weight excluding hydrogens is 294 g/mol. The SMILES string of the molecule is C[C@H](NC(=O)[C@@H](N)CCC(=O)O)C(=O)N1CCC[C@@H]1C(=O)O. The van der Waals surface area contributed by atoms with Crippen LogP contribution in [0.5, 0.6) is 0 Å². The molecule has 0 aromatic heterocycles. The van der Waals surface area contributed by atoms with Gasteiger partial charge in [-0.15, -0.1) is 0 Å². The number of carbonyl (C=O) groups excluding carboxylic acids is 2. The fourth-order valence-corrected chi connectivity index (χ4v) is 2.33. The summed E-state index contributed by atoms with van der Waals surface area (Å²) in [6.45, 7) is 1.78. The minimum Gasteiger partial charge on any atom is -0.481 e. The molecule has 3 atom stereocenters. The lowest BCUT2D eigenvalue weighted by molar-refractivity contribution is -0.149. The number of hydrogen-bond acceptors (Lipinski definition) is 5. The van der Waals surface area contributed by atoms with Crippen molar-refractivity contribution in [3.63, 3.8) is 0 Å². The molecule has 1 fully saturated rings. The minimum atomic E-state index is -1.07. The van der Waals surface area contributed by atoms with E-state index in [1.165, 1.54) is 11.8 Å². The molecule has 1 aliphatic heterocycles. The van der Waals surface area contributed by atoms with Gasteiger partial charge in [0.15, 0.2) is 0 Å². The zero-order chi connectivity index (χ0) is 16.9. The Hall–Kier alpha value is -2.16. The van der Waals surface area contributed by atoms with Crippen LogP contribution >= 0.6 is 0 Å². The summed E-state index contributed by atoms with van der Waals surface area (Å²) in [5.41, 5.74) is 5.55. The van der Waals surface area contributed by atoms with Gasteiger partial charge in [0, 0.05) is 13.0 Å². The highest BCUT2D eigenvalue weighted by atomic mass is 16.4. The van der Waals surface area contributed by atoms with Crippen LogP contribution in [0.2, 0.25) is 0 Å². The van der Waals surface area contributed by atoms with E-state index in [0.29, 0.717) is 19.4 Å². The topological polar surface area (TPSA) is 150 Å². The maximum Gasteiger partial charge on any atom is 0.326 e. The molecule has 0 bridgehead atoms. The van der Waals surface area contributed by atoms with Crippen molar-refractivity contribution in [2.24, 2.45) is 5.73 Å². The van der Waals surface area contributed by atoms with Gasteiger partial charge < -0.3 is 26.2 Å². The fraction of sp³-hybridized carbons (Fsp3) is 0.692. The number of amides is 2. The van der Waals surface area contributed by atoms with Gasteiger partial charge in [0.2, 0.25) is 11.8 Å². The summed E-state index contributed by atoms with van der Waals surface area (Å²) in [6, 6.07) is -2.81. The summed E-state index contributed by atoms with van der Waals surface area (Å²) in [7, 11) is 0. The zero-order valence-electron chi connectivity index (χ0n) is 12.3. The molecule has 0 spiro atoms. The van der Waals surface area contributed by atoms with E-state index < -0.39 is 41.9 Å². The molecule has 1 rings (SSSR count). The molecular formula is C13H21N3O6. The van der Waals surface area contributed by atoms with E-state index in [9.17, 15) is 19.2 Å². The molecule has 9 nitrogen and oxygen atoms in total. The highest BCUT2D eigenvalue weighted by Crippen LogP contribution is 2.18. The van der Waals surface area contributed by atoms with E-state index in [0.717, 1.165) is 0 Å². The van der Waals surface area contributed by atoms with Gasteiger partial charge in [0.25, 0.3) is 0 Å². The summed E-state index contributed by atoms with van der Waals surface area (Å²) in [6.07, 6.45) is 0.703. The molecule has 124 valence electrons. The van der Waals surface area contributed by atoms with Crippen molar-refractivity contribution in [2.75, 3.05) is 6.54 Å². The summed E-state index contributed by atoms with van der Waals surface area (Å²) in [5.74, 6) is -3.24. The average molecular weight is 315 g/mol. The monoisotopic (exact) mass is 315 g/mol. The van der Waals surface area contributed by atoms with Crippen LogP contribution in [-0.4, -0.2) is 63.5 Å². The van der Waals surface area contributed by atoms with Gasteiger partial charge in [0.1, 0.15) is 12.1 Å². The van der Waals surface area contributed by atoms with Gasteiger partial charge in [-0.25, -0.2) is 4.79 Å². The molecule has 2 amide bonds.